The van der Waals surface area contributed by atoms with E-state index in [1.165, 1.54) is 13.2 Å². The van der Waals surface area contributed by atoms with Crippen molar-refractivity contribution in [3.05, 3.63) is 63.6 Å². The second-order valence-corrected chi connectivity index (χ2v) is 6.73. The predicted octanol–water partition coefficient (Wildman–Crippen LogP) is 3.93. The smallest absolute Gasteiger partial charge is 0.331 e. The fourth-order valence-electron chi connectivity index (χ4n) is 2.42. The van der Waals surface area contributed by atoms with E-state index >= 15 is 0 Å². The summed E-state index contributed by atoms with van der Waals surface area (Å²) < 4.78 is 15.3. The molecule has 0 aliphatic heterocycles. The lowest BCUT2D eigenvalue weighted by Crippen LogP contribution is -2.30. The summed E-state index contributed by atoms with van der Waals surface area (Å²) in [4.78, 5) is 23.6. The number of methoxy groups -OCH3 is 2. The summed E-state index contributed by atoms with van der Waals surface area (Å²) in [5, 5.41) is 3.76. The number of hydrogen-bond acceptors (Lipinski definition) is 5. The molecule has 0 unspecified atom stereocenters. The van der Waals surface area contributed by atoms with Crippen molar-refractivity contribution < 1.29 is 23.8 Å². The molecule has 0 bridgehead atoms. The second-order valence-electron chi connectivity index (χ2n) is 5.89. The lowest BCUT2D eigenvalue weighted by Gasteiger charge is -2.08. The molecule has 8 heteroatoms. The second kappa shape index (κ2) is 11.3. The molecule has 0 spiro atoms. The fraction of sp³-hybridized carbons (Fsp3) is 0.238. The first-order valence-corrected chi connectivity index (χ1v) is 9.46. The average molecular weight is 438 g/mol. The molecule has 0 heterocycles. The predicted molar refractivity (Wildman–Crippen MR) is 113 cm³/mol. The molecule has 2 aromatic rings. The summed E-state index contributed by atoms with van der Waals surface area (Å²) in [5.41, 5.74) is 1.59. The zero-order valence-electron chi connectivity index (χ0n) is 16.0. The largest absolute Gasteiger partial charge is 0.493 e. The number of carbonyl (C=O) groups excluding carboxylic acids is 2. The van der Waals surface area contributed by atoms with Crippen LogP contribution in [0.4, 0.5) is 0 Å². The molecule has 0 fully saturated rings. The average Bonchev–Trinajstić information content (AvgIpc) is 2.72. The van der Waals surface area contributed by atoms with E-state index in [1.807, 2.05) is 0 Å². The van der Waals surface area contributed by atoms with Crippen LogP contribution in [0.5, 0.6) is 11.5 Å². The molecular weight excluding hydrogens is 417 g/mol. The molecule has 0 aromatic heterocycles. The van der Waals surface area contributed by atoms with Crippen LogP contribution in [-0.2, 0) is 20.7 Å². The van der Waals surface area contributed by atoms with Gasteiger partial charge in [-0.2, -0.15) is 0 Å². The van der Waals surface area contributed by atoms with E-state index in [0.717, 1.165) is 11.1 Å². The summed E-state index contributed by atoms with van der Waals surface area (Å²) in [6.07, 6.45) is 3.33. The summed E-state index contributed by atoms with van der Waals surface area (Å²) in [7, 11) is 3.07. The van der Waals surface area contributed by atoms with Crippen LogP contribution in [0, 0.1) is 0 Å². The van der Waals surface area contributed by atoms with E-state index in [9.17, 15) is 9.59 Å². The van der Waals surface area contributed by atoms with Crippen molar-refractivity contribution in [3.63, 3.8) is 0 Å². The van der Waals surface area contributed by atoms with Gasteiger partial charge in [0.05, 0.1) is 14.2 Å². The summed E-state index contributed by atoms with van der Waals surface area (Å²) in [5.74, 6) is 0.102. The van der Waals surface area contributed by atoms with Gasteiger partial charge in [-0.05, 0) is 47.9 Å². The highest BCUT2D eigenvalue weighted by atomic mass is 35.5. The first-order valence-electron chi connectivity index (χ1n) is 8.70. The topological polar surface area (TPSA) is 73.9 Å². The van der Waals surface area contributed by atoms with Crippen molar-refractivity contribution in [1.29, 1.82) is 0 Å². The van der Waals surface area contributed by atoms with Crippen molar-refractivity contribution in [1.82, 2.24) is 5.32 Å². The van der Waals surface area contributed by atoms with Crippen LogP contribution in [0.25, 0.3) is 6.08 Å². The van der Waals surface area contributed by atoms with E-state index in [1.54, 1.807) is 49.6 Å². The molecule has 2 aromatic carbocycles. The minimum Gasteiger partial charge on any atom is -0.493 e. The Morgan fingerprint density at radius 1 is 1.03 bits per heavy atom. The Bertz CT molecular complexity index is 899. The molecule has 0 radical (unpaired) electrons. The van der Waals surface area contributed by atoms with Crippen LogP contribution in [0.3, 0.4) is 0 Å². The number of carbonyl (C=O) groups is 2. The van der Waals surface area contributed by atoms with Gasteiger partial charge >= 0.3 is 5.97 Å². The third-order valence-corrected chi connectivity index (χ3v) is 4.48. The molecule has 0 atom stereocenters. The number of nitrogens with one attached hydrogen (secondary N) is 1. The normalized spacial score (nSPS) is 10.6. The van der Waals surface area contributed by atoms with Crippen LogP contribution in [0.2, 0.25) is 10.0 Å². The van der Waals surface area contributed by atoms with Crippen LogP contribution in [0.15, 0.2) is 42.5 Å². The van der Waals surface area contributed by atoms with Crippen LogP contribution in [0.1, 0.15) is 11.1 Å². The number of benzene rings is 2. The van der Waals surface area contributed by atoms with Crippen molar-refractivity contribution >= 4 is 41.2 Å². The lowest BCUT2D eigenvalue weighted by atomic mass is 10.1. The monoisotopic (exact) mass is 437 g/mol. The van der Waals surface area contributed by atoms with E-state index in [4.69, 9.17) is 37.4 Å². The van der Waals surface area contributed by atoms with Crippen molar-refractivity contribution in [3.8, 4) is 11.5 Å². The zero-order chi connectivity index (χ0) is 21.2. The lowest BCUT2D eigenvalue weighted by molar-refractivity contribution is -0.143. The Morgan fingerprint density at radius 2 is 1.79 bits per heavy atom. The Balaban J connectivity index is 1.75. The molecule has 0 aliphatic rings. The van der Waals surface area contributed by atoms with Gasteiger partial charge in [-0.15, -0.1) is 0 Å². The number of halogens is 2. The Kier molecular flexibility index (Phi) is 8.83. The number of rotatable bonds is 9. The van der Waals surface area contributed by atoms with Gasteiger partial charge in [0.25, 0.3) is 5.91 Å². The maximum absolute atomic E-state index is 11.8. The SMILES string of the molecule is COc1ccc(C=CC(=O)OCC(=O)NCCc2ccc(Cl)cc2Cl)cc1OC. The standard InChI is InChI=1S/C21H21Cl2NO5/c1-27-18-7-3-14(11-19(18)28-2)4-8-21(26)29-13-20(25)24-10-9-15-5-6-16(22)12-17(15)23/h3-8,11-12H,9-10,13H2,1-2H3,(H,24,25). The highest BCUT2D eigenvalue weighted by Crippen LogP contribution is 2.28. The molecule has 6 nitrogen and oxygen atoms in total. The van der Waals surface area contributed by atoms with E-state index in [-0.39, 0.29) is 6.61 Å². The van der Waals surface area contributed by atoms with Gasteiger partial charge in [-0.25, -0.2) is 4.79 Å². The van der Waals surface area contributed by atoms with Crippen molar-refractivity contribution in [2.75, 3.05) is 27.4 Å². The van der Waals surface area contributed by atoms with Crippen LogP contribution >= 0.6 is 23.2 Å². The summed E-state index contributed by atoms with van der Waals surface area (Å²) in [6.45, 7) is -0.0112. The minimum absolute atomic E-state index is 0.360. The van der Waals surface area contributed by atoms with Crippen molar-refractivity contribution in [2.45, 2.75) is 6.42 Å². The number of hydrogen-bond donors (Lipinski definition) is 1. The van der Waals surface area contributed by atoms with Crippen LogP contribution < -0.4 is 14.8 Å². The molecule has 2 rings (SSSR count). The van der Waals surface area contributed by atoms with Gasteiger partial charge in [0.1, 0.15) is 0 Å². The Hall–Kier alpha value is -2.70. The first-order chi connectivity index (χ1) is 13.9. The fourth-order valence-corrected chi connectivity index (χ4v) is 2.92. The number of esters is 1. The third kappa shape index (κ3) is 7.33. The highest BCUT2D eigenvalue weighted by molar-refractivity contribution is 6.35. The molecule has 0 saturated heterocycles. The van der Waals surface area contributed by atoms with E-state index < -0.39 is 11.9 Å². The molecule has 0 aliphatic carbocycles. The molecule has 29 heavy (non-hydrogen) atoms. The summed E-state index contributed by atoms with van der Waals surface area (Å²) in [6, 6.07) is 10.4. The van der Waals surface area contributed by atoms with Gasteiger partial charge in [-0.3, -0.25) is 4.79 Å². The quantitative estimate of drug-likeness (QED) is 0.475. The van der Waals surface area contributed by atoms with Crippen molar-refractivity contribution in [2.24, 2.45) is 0 Å². The Labute approximate surface area is 179 Å². The van der Waals surface area contributed by atoms with Gasteiger partial charge in [0.15, 0.2) is 18.1 Å². The zero-order valence-corrected chi connectivity index (χ0v) is 17.5. The minimum atomic E-state index is -0.629. The maximum Gasteiger partial charge on any atom is 0.331 e. The molecule has 1 N–H and O–H groups in total. The van der Waals surface area contributed by atoms with Crippen LogP contribution in [-0.4, -0.2) is 39.2 Å². The van der Waals surface area contributed by atoms with Gasteiger partial charge in [-0.1, -0.05) is 35.3 Å². The molecule has 0 saturated carbocycles. The Morgan fingerprint density at radius 3 is 2.48 bits per heavy atom. The maximum atomic E-state index is 11.8. The number of amides is 1. The highest BCUT2D eigenvalue weighted by Gasteiger charge is 2.07. The van der Waals surface area contributed by atoms with E-state index in [0.29, 0.717) is 34.5 Å². The summed E-state index contributed by atoms with van der Waals surface area (Å²) >= 11 is 11.9. The van der Waals surface area contributed by atoms with Gasteiger partial charge in [0, 0.05) is 22.7 Å². The molecule has 154 valence electrons. The van der Waals surface area contributed by atoms with Gasteiger partial charge < -0.3 is 19.5 Å². The first kappa shape index (κ1) is 22.6. The molecular formula is C21H21Cl2NO5. The number of ether oxygens (including phenoxy) is 3. The van der Waals surface area contributed by atoms with Gasteiger partial charge in [0.2, 0.25) is 0 Å². The molecule has 1 amide bonds. The third-order valence-electron chi connectivity index (χ3n) is 3.90. The van der Waals surface area contributed by atoms with E-state index in [2.05, 4.69) is 5.32 Å².